The lowest BCUT2D eigenvalue weighted by atomic mass is 10.1. The first kappa shape index (κ1) is 14.3. The first-order chi connectivity index (χ1) is 11.1. The summed E-state index contributed by atoms with van der Waals surface area (Å²) < 4.78 is 11.5. The van der Waals surface area contributed by atoms with Gasteiger partial charge in [-0.25, -0.2) is 0 Å². The zero-order chi connectivity index (χ0) is 16.0. The summed E-state index contributed by atoms with van der Waals surface area (Å²) in [5, 5.41) is 2.03. The Hall–Kier alpha value is -2.33. The molecule has 0 aliphatic carbocycles. The summed E-state index contributed by atoms with van der Waals surface area (Å²) in [6.45, 7) is 5.27. The highest BCUT2D eigenvalue weighted by atomic mass is 16.5. The molecule has 2 aromatic carbocycles. The molecule has 4 nitrogen and oxygen atoms in total. The van der Waals surface area contributed by atoms with E-state index in [0.717, 1.165) is 21.9 Å². The van der Waals surface area contributed by atoms with Crippen LogP contribution in [0.3, 0.4) is 0 Å². The van der Waals surface area contributed by atoms with Gasteiger partial charge >= 0.3 is 0 Å². The number of amides is 1. The number of furan rings is 1. The smallest absolute Gasteiger partial charge is 0.254 e. The summed E-state index contributed by atoms with van der Waals surface area (Å²) in [6.07, 6.45) is 0.141. The van der Waals surface area contributed by atoms with Crippen LogP contribution >= 0.6 is 0 Å². The highest BCUT2D eigenvalue weighted by molar-refractivity contribution is 6.08. The SMILES string of the molecule is CC1CN(C(=O)c2ccc3oc4ccccc4c3c2)CC(C)O1. The highest BCUT2D eigenvalue weighted by Crippen LogP contribution is 2.29. The molecule has 118 valence electrons. The number of hydrogen-bond acceptors (Lipinski definition) is 3. The number of carbonyl (C=O) groups excluding carboxylic acids is 1. The molecule has 2 atom stereocenters. The van der Waals surface area contributed by atoms with E-state index in [1.54, 1.807) is 0 Å². The molecule has 0 radical (unpaired) electrons. The molecule has 1 aliphatic rings. The third-order valence-corrected chi connectivity index (χ3v) is 4.33. The van der Waals surface area contributed by atoms with Gasteiger partial charge in [-0.15, -0.1) is 0 Å². The van der Waals surface area contributed by atoms with E-state index in [4.69, 9.17) is 9.15 Å². The van der Waals surface area contributed by atoms with Crippen molar-refractivity contribution in [3.8, 4) is 0 Å². The van der Waals surface area contributed by atoms with Crippen molar-refractivity contribution in [2.45, 2.75) is 26.1 Å². The zero-order valence-electron chi connectivity index (χ0n) is 13.3. The largest absolute Gasteiger partial charge is 0.456 e. The fourth-order valence-electron chi connectivity index (χ4n) is 3.39. The van der Waals surface area contributed by atoms with Crippen molar-refractivity contribution in [2.75, 3.05) is 13.1 Å². The van der Waals surface area contributed by atoms with Gasteiger partial charge in [-0.3, -0.25) is 4.79 Å². The Kier molecular flexibility index (Phi) is 3.34. The molecule has 2 heterocycles. The van der Waals surface area contributed by atoms with Crippen LogP contribution in [0.2, 0.25) is 0 Å². The van der Waals surface area contributed by atoms with Crippen molar-refractivity contribution in [1.29, 1.82) is 0 Å². The summed E-state index contributed by atoms with van der Waals surface area (Å²) >= 11 is 0. The number of para-hydroxylation sites is 1. The van der Waals surface area contributed by atoms with Crippen LogP contribution in [0.25, 0.3) is 21.9 Å². The summed E-state index contributed by atoms with van der Waals surface area (Å²) in [7, 11) is 0. The number of ether oxygens (including phenoxy) is 1. The van der Waals surface area contributed by atoms with Gasteiger partial charge in [0.2, 0.25) is 0 Å². The van der Waals surface area contributed by atoms with Crippen LogP contribution < -0.4 is 0 Å². The van der Waals surface area contributed by atoms with E-state index in [2.05, 4.69) is 0 Å². The maximum Gasteiger partial charge on any atom is 0.254 e. The number of nitrogens with zero attached hydrogens (tertiary/aromatic N) is 1. The van der Waals surface area contributed by atoms with E-state index in [0.29, 0.717) is 18.7 Å². The number of hydrogen-bond donors (Lipinski definition) is 0. The van der Waals surface area contributed by atoms with Gasteiger partial charge in [-0.05, 0) is 38.1 Å². The normalized spacial score (nSPS) is 21.9. The lowest BCUT2D eigenvalue weighted by Crippen LogP contribution is -2.48. The van der Waals surface area contributed by atoms with Crippen LogP contribution in [0, 0.1) is 0 Å². The molecular formula is C19H19NO3. The van der Waals surface area contributed by atoms with Crippen molar-refractivity contribution in [2.24, 2.45) is 0 Å². The van der Waals surface area contributed by atoms with Gasteiger partial charge in [0.15, 0.2) is 0 Å². The van der Waals surface area contributed by atoms with Gasteiger partial charge in [0.1, 0.15) is 11.2 Å². The fourth-order valence-corrected chi connectivity index (χ4v) is 3.39. The maximum absolute atomic E-state index is 12.8. The number of morpholine rings is 1. The molecule has 23 heavy (non-hydrogen) atoms. The monoisotopic (exact) mass is 309 g/mol. The molecule has 0 bridgehead atoms. The van der Waals surface area contributed by atoms with Crippen LogP contribution in [0.5, 0.6) is 0 Å². The van der Waals surface area contributed by atoms with Crippen LogP contribution in [-0.2, 0) is 4.74 Å². The molecule has 4 heteroatoms. The number of fused-ring (bicyclic) bond motifs is 3. The Labute approximate surface area is 134 Å². The first-order valence-corrected chi connectivity index (χ1v) is 7.98. The molecule has 1 fully saturated rings. The van der Waals surface area contributed by atoms with Crippen molar-refractivity contribution >= 4 is 27.8 Å². The van der Waals surface area contributed by atoms with Crippen molar-refractivity contribution in [3.63, 3.8) is 0 Å². The molecule has 4 rings (SSSR count). The average Bonchev–Trinajstić information content (AvgIpc) is 2.91. The average molecular weight is 309 g/mol. The Bertz CT molecular complexity index is 873. The third kappa shape index (κ3) is 2.49. The molecule has 1 aromatic heterocycles. The molecule has 0 saturated carbocycles. The molecular weight excluding hydrogens is 290 g/mol. The Morgan fingerprint density at radius 1 is 1.00 bits per heavy atom. The summed E-state index contributed by atoms with van der Waals surface area (Å²) in [5.74, 6) is 0.0548. The zero-order valence-corrected chi connectivity index (χ0v) is 13.3. The van der Waals surface area contributed by atoms with E-state index in [1.165, 1.54) is 0 Å². The second-order valence-corrected chi connectivity index (χ2v) is 6.28. The van der Waals surface area contributed by atoms with Gasteiger partial charge in [0, 0.05) is 29.4 Å². The van der Waals surface area contributed by atoms with E-state index < -0.39 is 0 Å². The molecule has 1 amide bonds. The van der Waals surface area contributed by atoms with E-state index in [-0.39, 0.29) is 18.1 Å². The lowest BCUT2D eigenvalue weighted by molar-refractivity contribution is -0.0586. The Morgan fingerprint density at radius 3 is 2.48 bits per heavy atom. The van der Waals surface area contributed by atoms with Crippen LogP contribution in [-0.4, -0.2) is 36.1 Å². The Balaban J connectivity index is 1.73. The quantitative estimate of drug-likeness (QED) is 0.686. The third-order valence-electron chi connectivity index (χ3n) is 4.33. The predicted octanol–water partition coefficient (Wildman–Crippen LogP) is 3.84. The Morgan fingerprint density at radius 2 is 1.70 bits per heavy atom. The van der Waals surface area contributed by atoms with Gasteiger partial charge in [0.25, 0.3) is 5.91 Å². The van der Waals surface area contributed by atoms with Crippen LogP contribution in [0.15, 0.2) is 46.9 Å². The molecule has 1 saturated heterocycles. The molecule has 3 aromatic rings. The molecule has 2 unspecified atom stereocenters. The van der Waals surface area contributed by atoms with Crippen molar-refractivity contribution in [1.82, 2.24) is 4.90 Å². The minimum atomic E-state index is 0.0548. The maximum atomic E-state index is 12.8. The lowest BCUT2D eigenvalue weighted by Gasteiger charge is -2.35. The highest BCUT2D eigenvalue weighted by Gasteiger charge is 2.26. The van der Waals surface area contributed by atoms with Gasteiger partial charge < -0.3 is 14.1 Å². The number of carbonyl (C=O) groups is 1. The number of benzene rings is 2. The summed E-state index contributed by atoms with van der Waals surface area (Å²) in [4.78, 5) is 14.7. The van der Waals surface area contributed by atoms with Gasteiger partial charge in [0.05, 0.1) is 12.2 Å². The number of rotatable bonds is 1. The van der Waals surface area contributed by atoms with E-state index in [1.807, 2.05) is 61.2 Å². The minimum Gasteiger partial charge on any atom is -0.456 e. The second-order valence-electron chi connectivity index (χ2n) is 6.28. The molecule has 0 spiro atoms. The predicted molar refractivity (Wildman–Crippen MR) is 89.6 cm³/mol. The van der Waals surface area contributed by atoms with Gasteiger partial charge in [-0.1, -0.05) is 18.2 Å². The van der Waals surface area contributed by atoms with Crippen molar-refractivity contribution < 1.29 is 13.9 Å². The van der Waals surface area contributed by atoms with Crippen LogP contribution in [0.1, 0.15) is 24.2 Å². The standard InChI is InChI=1S/C19H19NO3/c1-12-10-20(11-13(2)22-12)19(21)14-7-8-18-16(9-14)15-5-3-4-6-17(15)23-18/h3-9,12-13H,10-11H2,1-2H3. The van der Waals surface area contributed by atoms with Crippen LogP contribution in [0.4, 0.5) is 0 Å². The van der Waals surface area contributed by atoms with Gasteiger partial charge in [-0.2, -0.15) is 0 Å². The van der Waals surface area contributed by atoms with E-state index in [9.17, 15) is 4.79 Å². The summed E-state index contributed by atoms with van der Waals surface area (Å²) in [5.41, 5.74) is 2.36. The summed E-state index contributed by atoms with van der Waals surface area (Å²) in [6, 6.07) is 13.6. The molecule has 0 N–H and O–H groups in total. The second kappa shape index (κ2) is 5.39. The fraction of sp³-hybridized carbons (Fsp3) is 0.316. The first-order valence-electron chi connectivity index (χ1n) is 7.98. The van der Waals surface area contributed by atoms with E-state index >= 15 is 0 Å². The topological polar surface area (TPSA) is 42.7 Å². The minimum absolute atomic E-state index is 0.0548. The van der Waals surface area contributed by atoms with Crippen molar-refractivity contribution in [3.05, 3.63) is 48.0 Å². The molecule has 1 aliphatic heterocycles.